The van der Waals surface area contributed by atoms with Crippen LogP contribution in [-0.2, 0) is 4.79 Å². The molecule has 61 heavy (non-hydrogen) atoms. The molecule has 0 fully saturated rings. The van der Waals surface area contributed by atoms with Gasteiger partial charge in [0.05, 0.1) is 18.8 Å². The van der Waals surface area contributed by atoms with Gasteiger partial charge in [-0.2, -0.15) is 0 Å². The van der Waals surface area contributed by atoms with E-state index in [1.54, 1.807) is 0 Å². The Morgan fingerprint density at radius 1 is 0.410 bits per heavy atom. The number of rotatable bonds is 47. The molecule has 4 atom stereocenters. The lowest BCUT2D eigenvalue weighted by Gasteiger charge is -2.27. The van der Waals surface area contributed by atoms with E-state index in [0.29, 0.717) is 19.3 Å². The maximum Gasteiger partial charge on any atom is 0.249 e. The number of carbonyl (C=O) groups excluding carboxylic acids is 1. The molecule has 0 aromatic heterocycles. The van der Waals surface area contributed by atoms with Crippen LogP contribution < -0.4 is 5.32 Å². The molecule has 0 aliphatic carbocycles. The zero-order chi connectivity index (χ0) is 44.5. The number of aliphatic hydroxyl groups is 4. The fourth-order valence-electron chi connectivity index (χ4n) is 7.76. The van der Waals surface area contributed by atoms with Crippen LogP contribution in [0.25, 0.3) is 0 Å². The van der Waals surface area contributed by atoms with E-state index in [2.05, 4.69) is 79.9 Å². The second-order valence-electron chi connectivity index (χ2n) is 17.8. The lowest BCUT2D eigenvalue weighted by molar-refractivity contribution is -0.132. The minimum Gasteiger partial charge on any atom is -0.394 e. The van der Waals surface area contributed by atoms with Gasteiger partial charge in [-0.3, -0.25) is 4.79 Å². The third-order valence-electron chi connectivity index (χ3n) is 11.9. The highest BCUT2D eigenvalue weighted by Gasteiger charge is 2.28. The Morgan fingerprint density at radius 3 is 1.16 bits per heavy atom. The average Bonchev–Trinajstić information content (AvgIpc) is 3.26. The van der Waals surface area contributed by atoms with Crippen molar-refractivity contribution in [1.29, 1.82) is 0 Å². The van der Waals surface area contributed by atoms with Crippen LogP contribution in [0.1, 0.15) is 251 Å². The second-order valence-corrected chi connectivity index (χ2v) is 17.8. The number of hydrogen-bond acceptors (Lipinski definition) is 5. The van der Waals surface area contributed by atoms with Gasteiger partial charge < -0.3 is 25.7 Å². The summed E-state index contributed by atoms with van der Waals surface area (Å²) in [7, 11) is 0. The summed E-state index contributed by atoms with van der Waals surface area (Å²) in [6, 6.07) is -1.02. The lowest BCUT2D eigenvalue weighted by Crippen LogP contribution is -2.53. The van der Waals surface area contributed by atoms with Crippen molar-refractivity contribution in [3.05, 3.63) is 60.8 Å². The number of allylic oxidation sites excluding steroid dienone is 10. The van der Waals surface area contributed by atoms with Crippen molar-refractivity contribution in [3.8, 4) is 0 Å². The largest absolute Gasteiger partial charge is 0.394 e. The van der Waals surface area contributed by atoms with Crippen molar-refractivity contribution in [3.63, 3.8) is 0 Å². The van der Waals surface area contributed by atoms with Crippen LogP contribution in [-0.4, -0.2) is 57.3 Å². The second kappa shape index (κ2) is 49.0. The third kappa shape index (κ3) is 43.1. The van der Waals surface area contributed by atoms with E-state index >= 15 is 0 Å². The minimum atomic E-state index is -1.30. The molecular formula is C55H101NO5. The van der Waals surface area contributed by atoms with Crippen molar-refractivity contribution in [2.45, 2.75) is 276 Å². The molecule has 0 radical (unpaired) electrons. The first-order chi connectivity index (χ1) is 30.0. The Balaban J connectivity index is 3.75. The molecule has 0 heterocycles. The molecule has 356 valence electrons. The molecule has 6 heteroatoms. The topological polar surface area (TPSA) is 110 Å². The van der Waals surface area contributed by atoms with Crippen molar-refractivity contribution < 1.29 is 25.2 Å². The van der Waals surface area contributed by atoms with Gasteiger partial charge in [0.25, 0.3) is 0 Å². The monoisotopic (exact) mass is 856 g/mol. The van der Waals surface area contributed by atoms with Gasteiger partial charge in [-0.05, 0) is 96.3 Å². The lowest BCUT2D eigenvalue weighted by atomic mass is 10.00. The summed E-state index contributed by atoms with van der Waals surface area (Å²) in [6.07, 6.45) is 62.8. The smallest absolute Gasteiger partial charge is 0.249 e. The van der Waals surface area contributed by atoms with Crippen LogP contribution in [0, 0.1) is 0 Å². The summed E-state index contributed by atoms with van der Waals surface area (Å²) in [5, 5.41) is 43.8. The minimum absolute atomic E-state index is 0.344. The maximum absolute atomic E-state index is 12.5. The molecule has 0 aliphatic rings. The first-order valence-electron chi connectivity index (χ1n) is 26.2. The standard InChI is InChI=1S/C55H101NO5/c1-3-5-7-9-11-13-15-17-19-21-22-23-24-25-26-27-28-29-30-31-32-33-35-36-38-40-42-44-46-48-52(58)54(60)51(50-57)56-55(61)53(59)49-47-45-43-41-39-37-34-20-18-16-14-12-10-8-6-4-2/h12,14,18,20,29-30,33,35,40,42,51-54,57-60H,3-11,13,15-17,19,21-28,31-32,34,36-39,41,43-50H2,1-2H3,(H,56,61)/b14-12-,20-18-,30-29+,35-33+,42-40+. The fraction of sp³-hybridized carbons (Fsp3) is 0.800. The average molecular weight is 856 g/mol. The Labute approximate surface area is 378 Å². The maximum atomic E-state index is 12.5. The summed E-state index contributed by atoms with van der Waals surface area (Å²) in [6.45, 7) is 4.01. The molecule has 6 nitrogen and oxygen atoms in total. The van der Waals surface area contributed by atoms with Gasteiger partial charge in [-0.25, -0.2) is 0 Å². The Morgan fingerprint density at radius 2 is 0.738 bits per heavy atom. The van der Waals surface area contributed by atoms with Gasteiger partial charge in [0.1, 0.15) is 12.2 Å². The van der Waals surface area contributed by atoms with Crippen molar-refractivity contribution in [1.82, 2.24) is 5.32 Å². The predicted molar refractivity (Wildman–Crippen MR) is 265 cm³/mol. The van der Waals surface area contributed by atoms with Crippen molar-refractivity contribution in [2.24, 2.45) is 0 Å². The van der Waals surface area contributed by atoms with Gasteiger partial charge >= 0.3 is 0 Å². The molecule has 5 N–H and O–H groups in total. The molecule has 0 rings (SSSR count). The summed E-state index contributed by atoms with van der Waals surface area (Å²) >= 11 is 0. The van der Waals surface area contributed by atoms with Gasteiger partial charge in [-0.15, -0.1) is 0 Å². The zero-order valence-corrected chi connectivity index (χ0v) is 40.2. The van der Waals surface area contributed by atoms with Crippen molar-refractivity contribution in [2.75, 3.05) is 6.61 Å². The number of carbonyl (C=O) groups is 1. The molecule has 1 amide bonds. The zero-order valence-electron chi connectivity index (χ0n) is 40.2. The van der Waals surface area contributed by atoms with Crippen molar-refractivity contribution >= 4 is 5.91 Å². The van der Waals surface area contributed by atoms with Gasteiger partial charge in [0.2, 0.25) is 5.91 Å². The number of amides is 1. The van der Waals surface area contributed by atoms with E-state index in [1.807, 2.05) is 0 Å². The normalized spacial score (nSPS) is 14.4. The van der Waals surface area contributed by atoms with E-state index in [1.165, 1.54) is 148 Å². The highest BCUT2D eigenvalue weighted by atomic mass is 16.3. The fourth-order valence-corrected chi connectivity index (χ4v) is 7.76. The highest BCUT2D eigenvalue weighted by molar-refractivity contribution is 5.80. The Kier molecular flexibility index (Phi) is 47.4. The van der Waals surface area contributed by atoms with Crippen LogP contribution in [0.15, 0.2) is 60.8 Å². The Bertz CT molecular complexity index is 1050. The van der Waals surface area contributed by atoms with E-state index < -0.39 is 36.9 Å². The molecule has 0 bridgehead atoms. The quantitative estimate of drug-likeness (QED) is 0.0309. The molecule has 0 aromatic rings. The first-order valence-corrected chi connectivity index (χ1v) is 26.2. The molecule has 0 aromatic carbocycles. The van der Waals surface area contributed by atoms with Crippen LogP contribution in [0.4, 0.5) is 0 Å². The van der Waals surface area contributed by atoms with E-state index in [0.717, 1.165) is 70.6 Å². The van der Waals surface area contributed by atoms with Crippen LogP contribution in [0.5, 0.6) is 0 Å². The molecule has 0 saturated carbocycles. The van der Waals surface area contributed by atoms with Crippen LogP contribution >= 0.6 is 0 Å². The summed E-state index contributed by atoms with van der Waals surface area (Å²) in [4.78, 5) is 12.5. The third-order valence-corrected chi connectivity index (χ3v) is 11.9. The highest BCUT2D eigenvalue weighted by Crippen LogP contribution is 2.16. The van der Waals surface area contributed by atoms with Gasteiger partial charge in [0, 0.05) is 0 Å². The molecule has 0 spiro atoms. The van der Waals surface area contributed by atoms with Gasteiger partial charge in [0.15, 0.2) is 0 Å². The summed E-state index contributed by atoms with van der Waals surface area (Å²) in [5.74, 6) is -0.609. The van der Waals surface area contributed by atoms with E-state index in [4.69, 9.17) is 0 Å². The van der Waals surface area contributed by atoms with Crippen LogP contribution in [0.2, 0.25) is 0 Å². The molecule has 0 saturated heterocycles. The summed E-state index contributed by atoms with van der Waals surface area (Å²) < 4.78 is 0. The summed E-state index contributed by atoms with van der Waals surface area (Å²) in [5.41, 5.74) is 0. The predicted octanol–water partition coefficient (Wildman–Crippen LogP) is 14.8. The number of aliphatic hydroxyl groups excluding tert-OH is 4. The SMILES string of the molecule is CCCCC/C=C\C/C=C\CCCCCCCCC(O)C(=O)NC(CO)C(O)C(O)CCC/C=C/CC/C=C/CC/C=C/CCCCCCCCCCCCCCCCCC. The first kappa shape index (κ1) is 59.0. The Hall–Kier alpha value is -1.99. The number of hydrogen-bond donors (Lipinski definition) is 5. The van der Waals surface area contributed by atoms with Crippen LogP contribution in [0.3, 0.4) is 0 Å². The van der Waals surface area contributed by atoms with Gasteiger partial charge in [-0.1, -0.05) is 216 Å². The molecule has 4 unspecified atom stereocenters. The molecule has 0 aliphatic heterocycles. The number of unbranched alkanes of at least 4 members (excludes halogenated alkanes) is 28. The number of nitrogens with one attached hydrogen (secondary N) is 1. The van der Waals surface area contributed by atoms with E-state index in [9.17, 15) is 25.2 Å². The van der Waals surface area contributed by atoms with E-state index in [-0.39, 0.29) is 0 Å². The molecular weight excluding hydrogens is 755 g/mol.